The van der Waals surface area contributed by atoms with Crippen molar-refractivity contribution in [1.82, 2.24) is 0 Å². The summed E-state index contributed by atoms with van der Waals surface area (Å²) >= 11 is 0. The first-order chi connectivity index (χ1) is 5.91. The largest absolute Gasteiger partial charge is 0.475 e. The Balaban J connectivity index is 4.33. The lowest BCUT2D eigenvalue weighted by molar-refractivity contribution is -0.152. The fourth-order valence-electron chi connectivity index (χ4n) is 0.645. The number of aliphatic hydroxyl groups excluding tert-OH is 3. The van der Waals surface area contributed by atoms with Crippen LogP contribution in [0.3, 0.4) is 0 Å². The molecule has 0 aliphatic heterocycles. The van der Waals surface area contributed by atoms with Crippen LogP contribution in [0.1, 0.15) is 0 Å². The molecule has 76 valence electrons. The average Bonchev–Trinajstić information content (AvgIpc) is 2.12. The minimum atomic E-state index is -1.79. The van der Waals surface area contributed by atoms with Gasteiger partial charge in [0.05, 0.1) is 6.61 Å². The number of hydrogen-bond acceptors (Lipinski definition) is 6. The van der Waals surface area contributed by atoms with Gasteiger partial charge in [0.15, 0.2) is 0 Å². The van der Waals surface area contributed by atoms with Crippen molar-refractivity contribution < 1.29 is 30.0 Å². The summed E-state index contributed by atoms with van der Waals surface area (Å²) in [5.74, 6) is -3.21. The van der Waals surface area contributed by atoms with Crippen LogP contribution in [-0.2, 0) is 9.59 Å². The van der Waals surface area contributed by atoms with Gasteiger partial charge in [0.1, 0.15) is 18.2 Å². The lowest BCUT2D eigenvalue weighted by atomic mass is 10.0. The second-order valence-corrected chi connectivity index (χ2v) is 2.44. The lowest BCUT2D eigenvalue weighted by Crippen LogP contribution is -2.51. The molecule has 0 spiro atoms. The molecule has 0 aromatic rings. The minimum Gasteiger partial charge on any atom is -0.475 e. The molecule has 0 saturated heterocycles. The summed E-state index contributed by atoms with van der Waals surface area (Å²) < 4.78 is 0. The molecule has 6 N–H and O–H groups in total. The van der Waals surface area contributed by atoms with Gasteiger partial charge in [0, 0.05) is 0 Å². The molecule has 0 unspecified atom stereocenters. The highest BCUT2D eigenvalue weighted by atomic mass is 16.4. The second kappa shape index (κ2) is 4.87. The van der Waals surface area contributed by atoms with E-state index < -0.39 is 36.6 Å². The number of carboxylic acids is 1. The first-order valence-electron chi connectivity index (χ1n) is 3.41. The Labute approximate surface area is 73.4 Å². The lowest BCUT2D eigenvalue weighted by Gasteiger charge is -2.19. The molecule has 0 bridgehead atoms. The Hall–Kier alpha value is -1.02. The van der Waals surface area contributed by atoms with E-state index in [0.717, 1.165) is 0 Å². The Kier molecular flexibility index (Phi) is 4.49. The fourth-order valence-corrected chi connectivity index (χ4v) is 0.645. The van der Waals surface area contributed by atoms with E-state index in [1.807, 2.05) is 0 Å². The summed E-state index contributed by atoms with van der Waals surface area (Å²) in [6.07, 6.45) is -3.41. The van der Waals surface area contributed by atoms with Crippen molar-refractivity contribution in [3.05, 3.63) is 0 Å². The second-order valence-electron chi connectivity index (χ2n) is 2.44. The summed E-state index contributed by atoms with van der Waals surface area (Å²) in [5.41, 5.74) is 4.99. The summed E-state index contributed by atoms with van der Waals surface area (Å²) in [7, 11) is 0. The van der Waals surface area contributed by atoms with Crippen LogP contribution in [0.15, 0.2) is 0 Å². The number of rotatable bonds is 5. The number of carboxylic acid groups (broad SMARTS) is 1. The van der Waals surface area contributed by atoms with Gasteiger partial charge < -0.3 is 26.2 Å². The van der Waals surface area contributed by atoms with Crippen molar-refractivity contribution in [2.24, 2.45) is 5.73 Å². The normalized spacial score (nSPS) is 17.5. The van der Waals surface area contributed by atoms with Gasteiger partial charge in [0.25, 0.3) is 5.78 Å². The van der Waals surface area contributed by atoms with E-state index in [9.17, 15) is 9.59 Å². The van der Waals surface area contributed by atoms with Crippen molar-refractivity contribution in [2.45, 2.75) is 18.2 Å². The molecule has 0 fully saturated rings. The van der Waals surface area contributed by atoms with Crippen molar-refractivity contribution in [3.63, 3.8) is 0 Å². The topological polar surface area (TPSA) is 141 Å². The van der Waals surface area contributed by atoms with E-state index in [1.165, 1.54) is 0 Å². The minimum absolute atomic E-state index is 0.804. The van der Waals surface area contributed by atoms with Crippen molar-refractivity contribution in [2.75, 3.05) is 6.61 Å². The molecule has 3 atom stereocenters. The number of carbonyl (C=O) groups is 2. The summed E-state index contributed by atoms with van der Waals surface area (Å²) in [5, 5.41) is 34.3. The average molecular weight is 193 g/mol. The van der Waals surface area contributed by atoms with Crippen LogP contribution in [0.25, 0.3) is 0 Å². The standard InChI is InChI=1S/C6H11NO6/c7-3(5(11)6(12)13)4(10)2(9)1-8/h2-4,8-10H,1,7H2,(H,12,13)/t2-,3-,4+/m0/s1. The van der Waals surface area contributed by atoms with Gasteiger partial charge in [-0.1, -0.05) is 0 Å². The van der Waals surface area contributed by atoms with E-state index in [0.29, 0.717) is 0 Å². The number of hydrogen-bond donors (Lipinski definition) is 5. The molecule has 7 nitrogen and oxygen atoms in total. The van der Waals surface area contributed by atoms with E-state index in [-0.39, 0.29) is 0 Å². The van der Waals surface area contributed by atoms with E-state index in [1.54, 1.807) is 0 Å². The van der Waals surface area contributed by atoms with Gasteiger partial charge >= 0.3 is 5.97 Å². The van der Waals surface area contributed by atoms with Gasteiger partial charge in [-0.2, -0.15) is 0 Å². The predicted molar refractivity (Wildman–Crippen MR) is 39.7 cm³/mol. The quantitative estimate of drug-likeness (QED) is 0.288. The summed E-state index contributed by atoms with van der Waals surface area (Å²) in [4.78, 5) is 20.7. The molecule has 0 amide bonds. The third-order valence-corrected chi connectivity index (χ3v) is 1.46. The van der Waals surface area contributed by atoms with Gasteiger partial charge in [-0.15, -0.1) is 0 Å². The van der Waals surface area contributed by atoms with Crippen LogP contribution >= 0.6 is 0 Å². The maximum atomic E-state index is 10.6. The number of aliphatic hydroxyl groups is 3. The molecule has 13 heavy (non-hydrogen) atoms. The molecular formula is C6H11NO6. The summed E-state index contributed by atoms with van der Waals surface area (Å²) in [6, 6.07) is -1.74. The molecule has 7 heteroatoms. The van der Waals surface area contributed by atoms with Gasteiger partial charge in [-0.05, 0) is 0 Å². The number of Topliss-reactive ketones (excluding diaryl/α,β-unsaturated/α-hetero) is 1. The predicted octanol–water partition coefficient (Wildman–Crippen LogP) is -3.32. The Morgan fingerprint density at radius 3 is 2.08 bits per heavy atom. The SMILES string of the molecule is N[C@H](C(=O)C(=O)O)[C@H](O)[C@@H](O)CO. The van der Waals surface area contributed by atoms with Gasteiger partial charge in [0.2, 0.25) is 0 Å². The highest BCUT2D eigenvalue weighted by molar-refractivity contribution is 6.34. The Morgan fingerprint density at radius 2 is 1.77 bits per heavy atom. The zero-order valence-corrected chi connectivity index (χ0v) is 6.62. The van der Waals surface area contributed by atoms with Crippen LogP contribution in [0.2, 0.25) is 0 Å². The first-order valence-corrected chi connectivity index (χ1v) is 3.41. The van der Waals surface area contributed by atoms with E-state index in [2.05, 4.69) is 0 Å². The number of ketones is 1. The molecule has 0 aliphatic carbocycles. The molecule has 0 aliphatic rings. The van der Waals surface area contributed by atoms with Crippen LogP contribution in [0.5, 0.6) is 0 Å². The maximum absolute atomic E-state index is 10.6. The Morgan fingerprint density at radius 1 is 1.31 bits per heavy atom. The smallest absolute Gasteiger partial charge is 0.373 e. The highest BCUT2D eigenvalue weighted by Gasteiger charge is 2.32. The molecule has 0 aromatic heterocycles. The van der Waals surface area contributed by atoms with Crippen molar-refractivity contribution in [1.29, 1.82) is 0 Å². The van der Waals surface area contributed by atoms with Crippen LogP contribution < -0.4 is 5.73 Å². The highest BCUT2D eigenvalue weighted by Crippen LogP contribution is 1.98. The zero-order chi connectivity index (χ0) is 10.6. The maximum Gasteiger partial charge on any atom is 0.373 e. The Bertz CT molecular complexity index is 205. The number of aliphatic carboxylic acids is 1. The van der Waals surface area contributed by atoms with Crippen LogP contribution in [0.4, 0.5) is 0 Å². The number of carbonyl (C=O) groups excluding carboxylic acids is 1. The van der Waals surface area contributed by atoms with Crippen molar-refractivity contribution >= 4 is 11.8 Å². The van der Waals surface area contributed by atoms with E-state index in [4.69, 9.17) is 26.2 Å². The monoisotopic (exact) mass is 193 g/mol. The van der Waals surface area contributed by atoms with Crippen LogP contribution in [0, 0.1) is 0 Å². The van der Waals surface area contributed by atoms with Crippen molar-refractivity contribution in [3.8, 4) is 0 Å². The number of nitrogens with two attached hydrogens (primary N) is 1. The zero-order valence-electron chi connectivity index (χ0n) is 6.62. The third kappa shape index (κ3) is 3.07. The molecule has 0 saturated carbocycles. The van der Waals surface area contributed by atoms with Gasteiger partial charge in [-0.25, -0.2) is 4.79 Å². The fraction of sp³-hybridized carbons (Fsp3) is 0.667. The summed E-state index contributed by atoms with van der Waals surface area (Å²) in [6.45, 7) is -0.804. The third-order valence-electron chi connectivity index (χ3n) is 1.46. The first kappa shape index (κ1) is 12.0. The van der Waals surface area contributed by atoms with E-state index >= 15 is 0 Å². The molecule has 0 aromatic carbocycles. The van der Waals surface area contributed by atoms with Gasteiger partial charge in [-0.3, -0.25) is 4.79 Å². The van der Waals surface area contributed by atoms with Crippen LogP contribution in [-0.4, -0.2) is 57.0 Å². The molecular weight excluding hydrogens is 182 g/mol. The molecule has 0 heterocycles. The molecule has 0 rings (SSSR count). The molecule has 0 radical (unpaired) electrons.